The fraction of sp³-hybridized carbons (Fsp3) is 0.895. The maximum atomic E-state index is 13.0. The number of ether oxygens (including phenoxy) is 1. The van der Waals surface area contributed by atoms with Gasteiger partial charge in [0.1, 0.15) is 0 Å². The molecule has 1 amide bonds. The Hall–Kier alpha value is -1.11. The van der Waals surface area contributed by atoms with Gasteiger partial charge in [-0.3, -0.25) is 9.59 Å². The van der Waals surface area contributed by atoms with Crippen molar-refractivity contribution in [3.63, 3.8) is 0 Å². The van der Waals surface area contributed by atoms with Gasteiger partial charge in [0.05, 0.1) is 11.9 Å². The van der Waals surface area contributed by atoms with Crippen molar-refractivity contribution in [3.05, 3.63) is 0 Å². The zero-order valence-corrected chi connectivity index (χ0v) is 16.7. The molecule has 2 unspecified atom stereocenters. The molecule has 0 aromatic carbocycles. The Morgan fingerprint density at radius 3 is 2.38 bits per heavy atom. The van der Waals surface area contributed by atoms with Crippen LogP contribution in [-0.4, -0.2) is 54.9 Å². The van der Waals surface area contributed by atoms with Crippen LogP contribution in [0.2, 0.25) is 0 Å². The van der Waals surface area contributed by atoms with Gasteiger partial charge in [0.15, 0.2) is 15.1 Å². The molecule has 1 saturated heterocycles. The number of hydrogen-bond donors (Lipinski definition) is 0. The van der Waals surface area contributed by atoms with E-state index < -0.39 is 26.3 Å². The molecule has 2 atom stereocenters. The predicted octanol–water partition coefficient (Wildman–Crippen LogP) is 2.31. The Labute approximate surface area is 156 Å². The molecule has 3 aliphatic rings. The minimum absolute atomic E-state index is 0.0164. The van der Waals surface area contributed by atoms with E-state index in [1.165, 1.54) is 0 Å². The molecule has 26 heavy (non-hydrogen) atoms. The lowest BCUT2D eigenvalue weighted by Crippen LogP contribution is -2.43. The molecule has 0 N–H and O–H groups in total. The molecule has 1 heterocycles. The van der Waals surface area contributed by atoms with Crippen LogP contribution < -0.4 is 0 Å². The largest absolute Gasteiger partial charge is 0.464 e. The van der Waals surface area contributed by atoms with E-state index in [1.807, 2.05) is 4.90 Å². The summed E-state index contributed by atoms with van der Waals surface area (Å²) in [5, 5.41) is -1.52. The Morgan fingerprint density at radius 2 is 1.81 bits per heavy atom. The molecule has 0 spiro atoms. The molecule has 0 bridgehead atoms. The molecule has 7 heteroatoms. The molecule has 2 saturated carbocycles. The van der Waals surface area contributed by atoms with Gasteiger partial charge in [-0.05, 0) is 31.6 Å². The summed E-state index contributed by atoms with van der Waals surface area (Å²) in [6, 6.07) is 0.373. The maximum Gasteiger partial charge on any atom is 0.324 e. The second-order valence-corrected chi connectivity index (χ2v) is 10.8. The van der Waals surface area contributed by atoms with E-state index in [9.17, 15) is 18.0 Å². The summed E-state index contributed by atoms with van der Waals surface area (Å²) in [5.41, 5.74) is 0. The first kappa shape index (κ1) is 19.6. The highest BCUT2D eigenvalue weighted by Gasteiger charge is 2.43. The Balaban J connectivity index is 1.59. The predicted molar refractivity (Wildman–Crippen MR) is 98.2 cm³/mol. The zero-order valence-electron chi connectivity index (χ0n) is 15.9. The van der Waals surface area contributed by atoms with Crippen molar-refractivity contribution in [2.24, 2.45) is 11.8 Å². The van der Waals surface area contributed by atoms with Gasteiger partial charge in [-0.2, -0.15) is 0 Å². The molecule has 3 rings (SSSR count). The number of esters is 1. The third-order valence-corrected chi connectivity index (χ3v) is 8.74. The highest BCUT2D eigenvalue weighted by molar-refractivity contribution is 7.93. The molecule has 2 aliphatic carbocycles. The van der Waals surface area contributed by atoms with Crippen LogP contribution in [0.3, 0.4) is 0 Å². The number of rotatable bonds is 7. The van der Waals surface area contributed by atoms with Crippen molar-refractivity contribution in [1.82, 2.24) is 4.90 Å². The normalized spacial score (nSPS) is 26.3. The van der Waals surface area contributed by atoms with Gasteiger partial charge in [0.2, 0.25) is 5.91 Å². The summed E-state index contributed by atoms with van der Waals surface area (Å²) >= 11 is 0. The van der Waals surface area contributed by atoms with Gasteiger partial charge in [-0.25, -0.2) is 8.42 Å². The number of carbonyl (C=O) groups excluding carboxylic acids is 2. The summed E-state index contributed by atoms with van der Waals surface area (Å²) in [7, 11) is -3.55. The number of hydrogen-bond acceptors (Lipinski definition) is 5. The Morgan fingerprint density at radius 1 is 1.15 bits per heavy atom. The summed E-state index contributed by atoms with van der Waals surface area (Å²) in [6.45, 7) is 4.29. The number of sulfone groups is 1. The van der Waals surface area contributed by atoms with Crippen molar-refractivity contribution in [3.8, 4) is 0 Å². The number of carbonyl (C=O) groups is 2. The van der Waals surface area contributed by atoms with Crippen LogP contribution in [0, 0.1) is 11.8 Å². The SMILES string of the molecule is CC(C)C(C(=O)OCC1CC(=O)N(C2CC2)C1)S(=O)(=O)C1CCCCC1. The second-order valence-electron chi connectivity index (χ2n) is 8.49. The first-order chi connectivity index (χ1) is 12.3. The van der Waals surface area contributed by atoms with E-state index in [4.69, 9.17) is 4.74 Å². The molecule has 0 radical (unpaired) electrons. The first-order valence-corrected chi connectivity index (χ1v) is 11.6. The standard InChI is InChI=1S/C19H31NO5S/c1-13(2)18(26(23,24)16-6-4-3-5-7-16)19(22)25-12-14-10-17(21)20(11-14)15-8-9-15/h13-16,18H,3-12H2,1-2H3. The third kappa shape index (κ3) is 4.24. The van der Waals surface area contributed by atoms with Gasteiger partial charge >= 0.3 is 5.97 Å². The molecule has 148 valence electrons. The highest BCUT2D eigenvalue weighted by atomic mass is 32.2. The highest BCUT2D eigenvalue weighted by Crippen LogP contribution is 2.33. The lowest BCUT2D eigenvalue weighted by molar-refractivity contribution is -0.145. The van der Waals surface area contributed by atoms with Crippen molar-refractivity contribution in [1.29, 1.82) is 0 Å². The smallest absolute Gasteiger partial charge is 0.324 e. The zero-order chi connectivity index (χ0) is 18.9. The fourth-order valence-corrected chi connectivity index (χ4v) is 6.83. The lowest BCUT2D eigenvalue weighted by atomic mass is 10.0. The molecule has 0 aromatic heterocycles. The van der Waals surface area contributed by atoms with Crippen molar-refractivity contribution >= 4 is 21.7 Å². The lowest BCUT2D eigenvalue weighted by Gasteiger charge is -2.28. The minimum atomic E-state index is -3.55. The summed E-state index contributed by atoms with van der Waals surface area (Å²) in [4.78, 5) is 26.5. The van der Waals surface area contributed by atoms with Gasteiger partial charge in [-0.15, -0.1) is 0 Å². The van der Waals surface area contributed by atoms with Crippen LogP contribution in [-0.2, 0) is 24.2 Å². The third-order valence-electron chi connectivity index (χ3n) is 5.90. The van der Waals surface area contributed by atoms with Crippen LogP contribution in [0.15, 0.2) is 0 Å². The average molecular weight is 386 g/mol. The van der Waals surface area contributed by atoms with E-state index in [1.54, 1.807) is 13.8 Å². The maximum absolute atomic E-state index is 13.0. The fourth-order valence-electron chi connectivity index (χ4n) is 4.33. The monoisotopic (exact) mass is 385 g/mol. The van der Waals surface area contributed by atoms with Crippen LogP contribution in [0.25, 0.3) is 0 Å². The quantitative estimate of drug-likeness (QED) is 0.628. The Bertz CT molecular complexity index is 634. The van der Waals surface area contributed by atoms with Crippen molar-refractivity contribution < 1.29 is 22.7 Å². The van der Waals surface area contributed by atoms with Gasteiger partial charge in [0, 0.05) is 24.9 Å². The van der Waals surface area contributed by atoms with Crippen LogP contribution in [0.5, 0.6) is 0 Å². The van der Waals surface area contributed by atoms with E-state index in [-0.39, 0.29) is 24.3 Å². The first-order valence-electron chi connectivity index (χ1n) is 9.99. The Kier molecular flexibility index (Phi) is 5.94. The van der Waals surface area contributed by atoms with Crippen LogP contribution >= 0.6 is 0 Å². The van der Waals surface area contributed by atoms with E-state index in [0.29, 0.717) is 31.8 Å². The van der Waals surface area contributed by atoms with Gasteiger partial charge in [-0.1, -0.05) is 33.1 Å². The average Bonchev–Trinajstić information content (AvgIpc) is 3.36. The van der Waals surface area contributed by atoms with Gasteiger partial charge in [0.25, 0.3) is 0 Å². The summed E-state index contributed by atoms with van der Waals surface area (Å²) in [6.07, 6.45) is 6.69. The van der Waals surface area contributed by atoms with Crippen molar-refractivity contribution in [2.75, 3.05) is 13.2 Å². The second kappa shape index (κ2) is 7.87. The van der Waals surface area contributed by atoms with Crippen LogP contribution in [0.1, 0.15) is 65.2 Å². The molecular formula is C19H31NO5S. The number of likely N-dealkylation sites (tertiary alicyclic amines) is 1. The summed E-state index contributed by atoms with van der Waals surface area (Å²) < 4.78 is 31.4. The molecule has 1 aliphatic heterocycles. The van der Waals surface area contributed by atoms with E-state index in [0.717, 1.165) is 32.1 Å². The molecule has 3 fully saturated rings. The molecular weight excluding hydrogens is 354 g/mol. The topological polar surface area (TPSA) is 80.8 Å². The van der Waals surface area contributed by atoms with E-state index in [2.05, 4.69) is 0 Å². The molecule has 6 nitrogen and oxygen atoms in total. The number of amides is 1. The van der Waals surface area contributed by atoms with E-state index >= 15 is 0 Å². The molecule has 0 aromatic rings. The minimum Gasteiger partial charge on any atom is -0.464 e. The number of nitrogens with zero attached hydrogens (tertiary/aromatic N) is 1. The summed E-state index contributed by atoms with van der Waals surface area (Å²) in [5.74, 6) is -0.841. The van der Waals surface area contributed by atoms with Crippen molar-refractivity contribution in [2.45, 2.75) is 81.8 Å². The van der Waals surface area contributed by atoms with Crippen LogP contribution in [0.4, 0.5) is 0 Å². The van der Waals surface area contributed by atoms with Gasteiger partial charge < -0.3 is 9.64 Å².